The molecular formula is C20H29N3O3S. The van der Waals surface area contributed by atoms with Crippen LogP contribution in [0.5, 0.6) is 0 Å². The monoisotopic (exact) mass is 391 g/mol. The molecule has 3 fully saturated rings. The number of rotatable bonds is 6. The van der Waals surface area contributed by atoms with Gasteiger partial charge in [0.15, 0.2) is 0 Å². The lowest BCUT2D eigenvalue weighted by molar-refractivity contribution is -0.153. The van der Waals surface area contributed by atoms with E-state index in [0.717, 1.165) is 36.9 Å². The molecule has 3 aliphatic rings. The first-order chi connectivity index (χ1) is 13.2. The minimum absolute atomic E-state index is 0.0123. The Hall–Kier alpha value is -1.44. The van der Waals surface area contributed by atoms with E-state index in [0.29, 0.717) is 25.6 Å². The van der Waals surface area contributed by atoms with E-state index in [1.807, 2.05) is 22.4 Å². The van der Waals surface area contributed by atoms with E-state index < -0.39 is 0 Å². The maximum atomic E-state index is 12.4. The largest absolute Gasteiger partial charge is 0.365 e. The number of carbonyl (C=O) groups is 2. The zero-order chi connectivity index (χ0) is 18.6. The van der Waals surface area contributed by atoms with Crippen molar-refractivity contribution in [1.82, 2.24) is 15.1 Å². The standard InChI is InChI=1S/C20H29N3O3S/c24-19(11-18-5-2-10-27-18)21-12-17-13-23(20(25)14-26-17)16-6-8-22(9-7-16)15-3-1-4-15/h2,5,10,15-17H,1,3-4,6-9,11-14H2,(H,21,24). The van der Waals surface area contributed by atoms with Gasteiger partial charge in [0, 0.05) is 43.1 Å². The van der Waals surface area contributed by atoms with Crippen molar-refractivity contribution in [2.45, 2.75) is 56.7 Å². The van der Waals surface area contributed by atoms with Crippen molar-refractivity contribution in [3.63, 3.8) is 0 Å². The first-order valence-corrected chi connectivity index (χ1v) is 11.0. The Bertz CT molecular complexity index is 639. The average molecular weight is 392 g/mol. The molecule has 0 bridgehead atoms. The summed E-state index contributed by atoms with van der Waals surface area (Å²) in [5.41, 5.74) is 0. The molecule has 1 N–H and O–H groups in total. The summed E-state index contributed by atoms with van der Waals surface area (Å²) >= 11 is 1.59. The highest BCUT2D eigenvalue weighted by atomic mass is 32.1. The molecule has 1 unspecified atom stereocenters. The highest BCUT2D eigenvalue weighted by Crippen LogP contribution is 2.29. The van der Waals surface area contributed by atoms with Crippen LogP contribution in [0.4, 0.5) is 0 Å². The molecule has 2 amide bonds. The summed E-state index contributed by atoms with van der Waals surface area (Å²) in [6.45, 7) is 3.39. The van der Waals surface area contributed by atoms with Gasteiger partial charge >= 0.3 is 0 Å². The second kappa shape index (κ2) is 8.71. The number of likely N-dealkylation sites (tertiary alicyclic amines) is 1. The molecule has 1 atom stereocenters. The summed E-state index contributed by atoms with van der Waals surface area (Å²) in [4.78, 5) is 30.1. The fraction of sp³-hybridized carbons (Fsp3) is 0.700. The fourth-order valence-electron chi connectivity index (χ4n) is 4.30. The van der Waals surface area contributed by atoms with Gasteiger partial charge in [-0.2, -0.15) is 0 Å². The van der Waals surface area contributed by atoms with Gasteiger partial charge in [-0.25, -0.2) is 0 Å². The van der Waals surface area contributed by atoms with Crippen LogP contribution < -0.4 is 5.32 Å². The van der Waals surface area contributed by atoms with Crippen molar-refractivity contribution in [3.8, 4) is 0 Å². The van der Waals surface area contributed by atoms with E-state index in [1.54, 1.807) is 11.3 Å². The van der Waals surface area contributed by atoms with E-state index in [9.17, 15) is 9.59 Å². The lowest BCUT2D eigenvalue weighted by Gasteiger charge is -2.45. The minimum atomic E-state index is -0.111. The van der Waals surface area contributed by atoms with E-state index in [2.05, 4.69) is 10.2 Å². The SMILES string of the molecule is O=C(Cc1cccs1)NCC1CN(C2CCN(C3CCC3)CC2)C(=O)CO1. The van der Waals surface area contributed by atoms with Crippen LogP contribution in [0.15, 0.2) is 17.5 Å². The molecular weight excluding hydrogens is 362 g/mol. The molecule has 0 radical (unpaired) electrons. The van der Waals surface area contributed by atoms with Crippen molar-refractivity contribution >= 4 is 23.2 Å². The van der Waals surface area contributed by atoms with Gasteiger partial charge in [-0.1, -0.05) is 12.5 Å². The summed E-state index contributed by atoms with van der Waals surface area (Å²) in [5, 5.41) is 4.94. The van der Waals surface area contributed by atoms with Crippen LogP contribution in [0.25, 0.3) is 0 Å². The van der Waals surface area contributed by atoms with Gasteiger partial charge < -0.3 is 19.9 Å². The Morgan fingerprint density at radius 1 is 1.22 bits per heavy atom. The highest BCUT2D eigenvalue weighted by Gasteiger charge is 2.35. The number of thiophene rings is 1. The van der Waals surface area contributed by atoms with Crippen molar-refractivity contribution in [2.75, 3.05) is 32.8 Å². The number of ether oxygens (including phenoxy) is 1. The number of nitrogens with one attached hydrogen (secondary N) is 1. The summed E-state index contributed by atoms with van der Waals surface area (Å²) in [6, 6.07) is 5.04. The van der Waals surface area contributed by atoms with Gasteiger partial charge in [-0.15, -0.1) is 11.3 Å². The van der Waals surface area contributed by atoms with Crippen molar-refractivity contribution < 1.29 is 14.3 Å². The van der Waals surface area contributed by atoms with Crippen molar-refractivity contribution in [3.05, 3.63) is 22.4 Å². The number of morpholine rings is 1. The summed E-state index contributed by atoms with van der Waals surface area (Å²) in [5.74, 6) is 0.108. The lowest BCUT2D eigenvalue weighted by atomic mass is 9.89. The second-order valence-corrected chi connectivity index (χ2v) is 8.92. The average Bonchev–Trinajstić information content (AvgIpc) is 3.13. The molecule has 0 spiro atoms. The summed E-state index contributed by atoms with van der Waals surface area (Å²) < 4.78 is 5.67. The Balaban J connectivity index is 1.23. The van der Waals surface area contributed by atoms with Crippen LogP contribution in [-0.4, -0.2) is 72.6 Å². The molecule has 7 heteroatoms. The molecule has 27 heavy (non-hydrogen) atoms. The minimum Gasteiger partial charge on any atom is -0.365 e. The second-order valence-electron chi connectivity index (χ2n) is 7.89. The van der Waals surface area contributed by atoms with Crippen LogP contribution in [0.2, 0.25) is 0 Å². The molecule has 1 aromatic heterocycles. The Morgan fingerprint density at radius 3 is 2.70 bits per heavy atom. The number of carbonyl (C=O) groups excluding carboxylic acids is 2. The van der Waals surface area contributed by atoms with E-state index in [1.165, 1.54) is 19.3 Å². The lowest BCUT2D eigenvalue weighted by Crippen LogP contribution is -2.57. The maximum absolute atomic E-state index is 12.4. The predicted octanol–water partition coefficient (Wildman–Crippen LogP) is 1.65. The first-order valence-electron chi connectivity index (χ1n) is 10.1. The number of nitrogens with zero attached hydrogens (tertiary/aromatic N) is 2. The van der Waals surface area contributed by atoms with E-state index in [-0.39, 0.29) is 24.5 Å². The highest BCUT2D eigenvalue weighted by molar-refractivity contribution is 7.10. The first kappa shape index (κ1) is 18.9. The zero-order valence-electron chi connectivity index (χ0n) is 15.8. The number of piperidine rings is 1. The number of hydrogen-bond acceptors (Lipinski definition) is 5. The van der Waals surface area contributed by atoms with Gasteiger partial charge in [-0.05, 0) is 37.1 Å². The van der Waals surface area contributed by atoms with Crippen LogP contribution in [0, 0.1) is 0 Å². The van der Waals surface area contributed by atoms with Gasteiger partial charge in [-0.3, -0.25) is 9.59 Å². The van der Waals surface area contributed by atoms with Gasteiger partial charge in [0.05, 0.1) is 12.5 Å². The summed E-state index contributed by atoms with van der Waals surface area (Å²) in [7, 11) is 0. The van der Waals surface area contributed by atoms with Crippen LogP contribution in [0.1, 0.15) is 37.0 Å². The topological polar surface area (TPSA) is 61.9 Å². The quantitative estimate of drug-likeness (QED) is 0.801. The molecule has 2 saturated heterocycles. The molecule has 3 heterocycles. The van der Waals surface area contributed by atoms with Gasteiger partial charge in [0.2, 0.25) is 11.8 Å². The van der Waals surface area contributed by atoms with Gasteiger partial charge in [0.1, 0.15) is 6.61 Å². The van der Waals surface area contributed by atoms with Crippen LogP contribution in [0.3, 0.4) is 0 Å². The molecule has 6 nitrogen and oxygen atoms in total. The predicted molar refractivity (Wildman–Crippen MR) is 105 cm³/mol. The normalized spacial score (nSPS) is 25.4. The zero-order valence-corrected chi connectivity index (χ0v) is 16.6. The Morgan fingerprint density at radius 2 is 2.04 bits per heavy atom. The maximum Gasteiger partial charge on any atom is 0.248 e. The molecule has 1 aromatic rings. The third-order valence-electron chi connectivity index (χ3n) is 6.14. The van der Waals surface area contributed by atoms with Crippen molar-refractivity contribution in [2.24, 2.45) is 0 Å². The third-order valence-corrected chi connectivity index (χ3v) is 7.01. The van der Waals surface area contributed by atoms with E-state index >= 15 is 0 Å². The smallest absolute Gasteiger partial charge is 0.248 e. The number of amides is 2. The van der Waals surface area contributed by atoms with Crippen molar-refractivity contribution in [1.29, 1.82) is 0 Å². The van der Waals surface area contributed by atoms with E-state index in [4.69, 9.17) is 4.74 Å². The number of hydrogen-bond donors (Lipinski definition) is 1. The fourth-order valence-corrected chi connectivity index (χ4v) is 5.00. The Kier molecular flexibility index (Phi) is 6.10. The summed E-state index contributed by atoms with van der Waals surface area (Å²) in [6.07, 6.45) is 6.46. The molecule has 2 aliphatic heterocycles. The van der Waals surface area contributed by atoms with Gasteiger partial charge in [0.25, 0.3) is 0 Å². The molecule has 148 valence electrons. The van der Waals surface area contributed by atoms with Crippen LogP contribution >= 0.6 is 11.3 Å². The third kappa shape index (κ3) is 4.70. The molecule has 1 aliphatic carbocycles. The molecule has 1 saturated carbocycles. The molecule has 0 aromatic carbocycles. The molecule has 4 rings (SSSR count). The van der Waals surface area contributed by atoms with Crippen LogP contribution in [-0.2, 0) is 20.7 Å². The Labute approximate surface area is 164 Å².